The van der Waals surface area contributed by atoms with E-state index in [4.69, 9.17) is 17.3 Å². The topological polar surface area (TPSA) is 128 Å². The lowest BCUT2D eigenvalue weighted by molar-refractivity contribution is -0.115. The van der Waals surface area contributed by atoms with Crippen molar-refractivity contribution in [2.75, 3.05) is 16.8 Å². The molecule has 2 heterocycles. The maximum Gasteiger partial charge on any atom is 0.226 e. The number of nitrogens with one attached hydrogen (secondary N) is 1. The third-order valence-electron chi connectivity index (χ3n) is 5.74. The molecule has 3 N–H and O–H groups in total. The zero-order valence-electron chi connectivity index (χ0n) is 20.7. The number of benzene rings is 2. The van der Waals surface area contributed by atoms with Gasteiger partial charge in [0.05, 0.1) is 11.3 Å². The minimum absolute atomic E-state index is 0.0545. The molecule has 10 heteroatoms. The second-order valence-corrected chi connectivity index (χ2v) is 11.0. The summed E-state index contributed by atoms with van der Waals surface area (Å²) in [6.07, 6.45) is 0.172. The number of halogens is 1. The molecule has 0 saturated carbocycles. The molecular weight excluding hydrogens is 536 g/mol. The van der Waals surface area contributed by atoms with E-state index in [0.29, 0.717) is 32.4 Å². The molecule has 38 heavy (non-hydrogen) atoms. The van der Waals surface area contributed by atoms with Crippen LogP contribution in [0, 0.1) is 22.7 Å². The maximum absolute atomic E-state index is 12.6. The van der Waals surface area contributed by atoms with Crippen molar-refractivity contribution >= 4 is 51.6 Å². The molecule has 4 aromatic rings. The van der Waals surface area contributed by atoms with Gasteiger partial charge in [-0.25, -0.2) is 9.97 Å². The Morgan fingerprint density at radius 2 is 1.71 bits per heavy atom. The zero-order chi connectivity index (χ0) is 27.2. The van der Waals surface area contributed by atoms with Gasteiger partial charge in [0.2, 0.25) is 5.91 Å². The molecule has 0 spiro atoms. The first-order valence-corrected chi connectivity index (χ1v) is 13.9. The van der Waals surface area contributed by atoms with Gasteiger partial charge >= 0.3 is 0 Å². The molecule has 0 unspecified atom stereocenters. The van der Waals surface area contributed by atoms with E-state index in [1.165, 1.54) is 23.1 Å². The molecular formula is C28H23ClN6OS2. The molecule has 0 aliphatic heterocycles. The number of nitrogens with zero attached hydrogens (tertiary/aromatic N) is 4. The van der Waals surface area contributed by atoms with Gasteiger partial charge in [-0.05, 0) is 29.2 Å². The van der Waals surface area contributed by atoms with Crippen LogP contribution in [0.15, 0.2) is 58.9 Å². The summed E-state index contributed by atoms with van der Waals surface area (Å²) in [4.78, 5) is 21.3. The van der Waals surface area contributed by atoms with E-state index in [9.17, 15) is 15.3 Å². The van der Waals surface area contributed by atoms with Crippen molar-refractivity contribution in [3.05, 3.63) is 75.6 Å². The summed E-state index contributed by atoms with van der Waals surface area (Å²) in [6, 6.07) is 19.3. The van der Waals surface area contributed by atoms with Crippen molar-refractivity contribution in [1.82, 2.24) is 9.97 Å². The van der Waals surface area contributed by atoms with Gasteiger partial charge < -0.3 is 11.1 Å². The molecule has 2 aromatic carbocycles. The summed E-state index contributed by atoms with van der Waals surface area (Å²) in [5.74, 6) is 0.557. The van der Waals surface area contributed by atoms with E-state index in [2.05, 4.69) is 41.3 Å². The van der Waals surface area contributed by atoms with Crippen LogP contribution in [0.3, 0.4) is 0 Å². The average Bonchev–Trinajstić information content (AvgIpc) is 3.37. The predicted octanol–water partition coefficient (Wildman–Crippen LogP) is 7.10. The zero-order valence-corrected chi connectivity index (χ0v) is 23.0. The van der Waals surface area contributed by atoms with Crippen LogP contribution < -0.4 is 11.1 Å². The van der Waals surface area contributed by atoms with Crippen molar-refractivity contribution in [3.63, 3.8) is 0 Å². The van der Waals surface area contributed by atoms with Gasteiger partial charge in [0.25, 0.3) is 0 Å². The molecule has 0 fully saturated rings. The minimum atomic E-state index is -0.209. The van der Waals surface area contributed by atoms with Gasteiger partial charge in [-0.3, -0.25) is 4.79 Å². The summed E-state index contributed by atoms with van der Waals surface area (Å²) in [7, 11) is 0. The van der Waals surface area contributed by atoms with Crippen molar-refractivity contribution in [2.45, 2.75) is 31.2 Å². The van der Waals surface area contributed by atoms with Crippen LogP contribution >= 0.6 is 34.7 Å². The summed E-state index contributed by atoms with van der Waals surface area (Å²) < 4.78 is 0. The normalized spacial score (nSPS) is 10.7. The molecule has 0 saturated heterocycles. The fourth-order valence-corrected chi connectivity index (χ4v) is 5.53. The van der Waals surface area contributed by atoms with Crippen LogP contribution in [-0.2, 0) is 4.79 Å². The van der Waals surface area contributed by atoms with Crippen molar-refractivity contribution in [2.24, 2.45) is 0 Å². The minimum Gasteiger partial charge on any atom is -0.383 e. The first-order valence-electron chi connectivity index (χ1n) is 11.7. The van der Waals surface area contributed by atoms with E-state index in [-0.39, 0.29) is 29.3 Å². The summed E-state index contributed by atoms with van der Waals surface area (Å²) in [6.45, 7) is 4.19. The van der Waals surface area contributed by atoms with Crippen LogP contribution in [0.4, 0.5) is 10.9 Å². The molecule has 0 radical (unpaired) electrons. The Bertz CT molecular complexity index is 1550. The molecule has 190 valence electrons. The second kappa shape index (κ2) is 12.1. The number of nitriles is 2. The summed E-state index contributed by atoms with van der Waals surface area (Å²) >= 11 is 8.53. The standard InChI is InChI=1S/C28H23ClN6OS2/c1-16(2)17-3-5-19(6-4-17)25-21(13-30)26(32)35-27(22(25)14-31)37-12-11-24(36)34-28-33-23(15-38-28)18-7-9-20(29)10-8-18/h3-10,15-16H,11-12H2,1-2H3,(H2,32,35)(H,33,34,36). The Labute approximate surface area is 234 Å². The van der Waals surface area contributed by atoms with E-state index in [1.54, 1.807) is 12.1 Å². The smallest absolute Gasteiger partial charge is 0.226 e. The van der Waals surface area contributed by atoms with Crippen molar-refractivity contribution < 1.29 is 4.79 Å². The van der Waals surface area contributed by atoms with Crippen LogP contribution in [0.25, 0.3) is 22.4 Å². The number of nitrogens with two attached hydrogens (primary N) is 1. The molecule has 4 rings (SSSR count). The van der Waals surface area contributed by atoms with Crippen LogP contribution in [0.5, 0.6) is 0 Å². The lowest BCUT2D eigenvalue weighted by Gasteiger charge is -2.14. The Morgan fingerprint density at radius 1 is 1.05 bits per heavy atom. The first-order chi connectivity index (χ1) is 18.3. The number of amides is 1. The second-order valence-electron chi connectivity index (χ2n) is 8.62. The number of hydrogen-bond acceptors (Lipinski definition) is 8. The fourth-order valence-electron chi connectivity index (χ4n) is 3.73. The molecule has 7 nitrogen and oxygen atoms in total. The van der Waals surface area contributed by atoms with Gasteiger partial charge in [0.15, 0.2) is 5.13 Å². The number of thiazole rings is 1. The Morgan fingerprint density at radius 3 is 2.34 bits per heavy atom. The lowest BCUT2D eigenvalue weighted by atomic mass is 9.94. The monoisotopic (exact) mass is 558 g/mol. The number of aromatic nitrogens is 2. The number of carbonyl (C=O) groups is 1. The van der Waals surface area contributed by atoms with Gasteiger partial charge in [-0.2, -0.15) is 10.5 Å². The SMILES string of the molecule is CC(C)c1ccc(-c2c(C#N)c(N)nc(SCCC(=O)Nc3nc(-c4ccc(Cl)cc4)cs3)c2C#N)cc1. The molecule has 0 aliphatic rings. The number of anilines is 2. The fraction of sp³-hybridized carbons (Fsp3) is 0.179. The Kier molecular flexibility index (Phi) is 8.65. The van der Waals surface area contributed by atoms with E-state index >= 15 is 0 Å². The quantitative estimate of drug-likeness (QED) is 0.221. The highest BCUT2D eigenvalue weighted by molar-refractivity contribution is 7.99. The van der Waals surface area contributed by atoms with E-state index in [0.717, 1.165) is 22.4 Å². The summed E-state index contributed by atoms with van der Waals surface area (Å²) in [5, 5.41) is 25.9. The van der Waals surface area contributed by atoms with Crippen LogP contribution in [-0.4, -0.2) is 21.6 Å². The van der Waals surface area contributed by atoms with Crippen LogP contribution in [0.1, 0.15) is 42.9 Å². The third kappa shape index (κ3) is 6.15. The molecule has 2 aromatic heterocycles. The van der Waals surface area contributed by atoms with Crippen molar-refractivity contribution in [3.8, 4) is 34.5 Å². The number of thioether (sulfide) groups is 1. The van der Waals surface area contributed by atoms with Gasteiger partial charge in [0, 0.05) is 33.7 Å². The number of carbonyl (C=O) groups excluding carboxylic acids is 1. The van der Waals surface area contributed by atoms with Gasteiger partial charge in [-0.15, -0.1) is 23.1 Å². The Hall–Kier alpha value is -3.89. The lowest BCUT2D eigenvalue weighted by Crippen LogP contribution is -2.12. The highest BCUT2D eigenvalue weighted by Crippen LogP contribution is 2.36. The van der Waals surface area contributed by atoms with Crippen LogP contribution in [0.2, 0.25) is 5.02 Å². The third-order valence-corrected chi connectivity index (χ3v) is 7.73. The number of nitrogen functional groups attached to an aromatic ring is 1. The molecule has 0 aliphatic carbocycles. The Balaban J connectivity index is 1.47. The predicted molar refractivity (Wildman–Crippen MR) is 154 cm³/mol. The van der Waals surface area contributed by atoms with Crippen molar-refractivity contribution in [1.29, 1.82) is 10.5 Å². The first kappa shape index (κ1) is 27.2. The summed E-state index contributed by atoms with van der Waals surface area (Å²) in [5.41, 5.74) is 10.5. The number of hydrogen-bond donors (Lipinski definition) is 2. The molecule has 0 bridgehead atoms. The van der Waals surface area contributed by atoms with Gasteiger partial charge in [0.1, 0.15) is 28.5 Å². The molecule has 1 amide bonds. The van der Waals surface area contributed by atoms with E-state index in [1.807, 2.05) is 41.8 Å². The van der Waals surface area contributed by atoms with Gasteiger partial charge in [-0.1, -0.05) is 61.8 Å². The average molecular weight is 559 g/mol. The highest BCUT2D eigenvalue weighted by atomic mass is 35.5. The number of pyridine rings is 1. The molecule has 0 atom stereocenters. The maximum atomic E-state index is 12.6. The van der Waals surface area contributed by atoms with E-state index < -0.39 is 0 Å². The number of rotatable bonds is 8. The highest BCUT2D eigenvalue weighted by Gasteiger charge is 2.21. The largest absolute Gasteiger partial charge is 0.383 e.